The van der Waals surface area contributed by atoms with Gasteiger partial charge < -0.3 is 14.8 Å². The average molecular weight is 341 g/mol. The van der Waals surface area contributed by atoms with Gasteiger partial charge in [-0.2, -0.15) is 0 Å². The molecule has 0 unspecified atom stereocenters. The Kier molecular flexibility index (Phi) is 6.37. The fourth-order valence-electron chi connectivity index (χ4n) is 2.30. The molecular weight excluding hydrogens is 318 g/mol. The predicted octanol–water partition coefficient (Wildman–Crippen LogP) is 1.57. The molecular formula is C15H23N3O4S. The predicted molar refractivity (Wildman–Crippen MR) is 88.3 cm³/mol. The van der Waals surface area contributed by atoms with Gasteiger partial charge in [-0.1, -0.05) is 0 Å². The summed E-state index contributed by atoms with van der Waals surface area (Å²) in [7, 11) is -3.79. The quantitative estimate of drug-likeness (QED) is 0.730. The molecule has 0 radical (unpaired) electrons. The van der Waals surface area contributed by atoms with Crippen molar-refractivity contribution >= 4 is 21.9 Å². The number of nitrogens with zero attached hydrogens (tertiary/aromatic N) is 1. The van der Waals surface area contributed by atoms with Crippen LogP contribution in [0.1, 0.15) is 25.3 Å². The lowest BCUT2D eigenvalue weighted by molar-refractivity contribution is 0.0699. The van der Waals surface area contributed by atoms with E-state index >= 15 is 0 Å². The Morgan fingerprint density at radius 2 is 2.22 bits per heavy atom. The lowest BCUT2D eigenvalue weighted by Crippen LogP contribution is -2.23. The molecule has 0 atom stereocenters. The van der Waals surface area contributed by atoms with Crippen LogP contribution >= 0.6 is 0 Å². The first-order valence-corrected chi connectivity index (χ1v) is 9.18. The van der Waals surface area contributed by atoms with Gasteiger partial charge in [0.2, 0.25) is 10.0 Å². The van der Waals surface area contributed by atoms with E-state index in [0.717, 1.165) is 32.6 Å². The van der Waals surface area contributed by atoms with Crippen LogP contribution in [0.25, 0.3) is 6.08 Å². The van der Waals surface area contributed by atoms with Crippen molar-refractivity contribution in [3.63, 3.8) is 0 Å². The number of rotatable bonds is 7. The number of pyridine rings is 1. The molecule has 1 aliphatic heterocycles. The van der Waals surface area contributed by atoms with E-state index in [1.165, 1.54) is 18.5 Å². The monoisotopic (exact) mass is 341 g/mol. The highest BCUT2D eigenvalue weighted by molar-refractivity contribution is 7.89. The maximum Gasteiger partial charge on any atom is 0.239 e. The normalized spacial score (nSPS) is 16.6. The molecule has 0 spiro atoms. The first-order chi connectivity index (χ1) is 11.0. The van der Waals surface area contributed by atoms with Crippen LogP contribution in [0.15, 0.2) is 23.4 Å². The van der Waals surface area contributed by atoms with Crippen LogP contribution in [0, 0.1) is 5.92 Å². The van der Waals surface area contributed by atoms with Gasteiger partial charge in [-0.05, 0) is 37.8 Å². The van der Waals surface area contributed by atoms with E-state index in [0.29, 0.717) is 23.9 Å². The minimum atomic E-state index is -3.79. The van der Waals surface area contributed by atoms with Crippen LogP contribution in [0.2, 0.25) is 0 Å². The van der Waals surface area contributed by atoms with Gasteiger partial charge in [0.1, 0.15) is 10.7 Å². The zero-order chi connectivity index (χ0) is 16.7. The first-order valence-electron chi connectivity index (χ1n) is 7.63. The number of aromatic nitrogens is 1. The summed E-state index contributed by atoms with van der Waals surface area (Å²) in [5.41, 5.74) is 0.622. The molecule has 1 aromatic rings. The summed E-state index contributed by atoms with van der Waals surface area (Å²) in [6.07, 6.45) is 6.47. The zero-order valence-corrected chi connectivity index (χ0v) is 14.0. The van der Waals surface area contributed by atoms with Crippen molar-refractivity contribution < 1.29 is 17.9 Å². The van der Waals surface area contributed by atoms with E-state index in [1.54, 1.807) is 6.08 Å². The summed E-state index contributed by atoms with van der Waals surface area (Å²) in [5.74, 6) is 1.13. The van der Waals surface area contributed by atoms with Crippen molar-refractivity contribution in [2.24, 2.45) is 11.1 Å². The SMILES string of the molecule is CCOC=Cc1cc(S(N)(=O)=O)cnc1NCC1CCOCC1. The summed E-state index contributed by atoms with van der Waals surface area (Å²) in [5, 5.41) is 8.44. The van der Waals surface area contributed by atoms with Crippen molar-refractivity contribution in [3.05, 3.63) is 24.1 Å². The van der Waals surface area contributed by atoms with Crippen LogP contribution in [0.3, 0.4) is 0 Å². The zero-order valence-electron chi connectivity index (χ0n) is 13.2. The maximum atomic E-state index is 11.5. The number of sulfonamides is 1. The van der Waals surface area contributed by atoms with Crippen LogP contribution in [0.5, 0.6) is 0 Å². The van der Waals surface area contributed by atoms with E-state index < -0.39 is 10.0 Å². The Balaban J connectivity index is 2.15. The van der Waals surface area contributed by atoms with Crippen molar-refractivity contribution in [1.82, 2.24) is 4.98 Å². The van der Waals surface area contributed by atoms with Crippen molar-refractivity contribution in [1.29, 1.82) is 0 Å². The molecule has 0 saturated carbocycles. The van der Waals surface area contributed by atoms with Crippen molar-refractivity contribution in [2.45, 2.75) is 24.7 Å². The summed E-state index contributed by atoms with van der Waals surface area (Å²) in [6.45, 7) is 4.72. The van der Waals surface area contributed by atoms with Crippen molar-refractivity contribution in [2.75, 3.05) is 31.7 Å². The third-order valence-electron chi connectivity index (χ3n) is 3.63. The lowest BCUT2D eigenvalue weighted by Gasteiger charge is -2.22. The van der Waals surface area contributed by atoms with Crippen LogP contribution < -0.4 is 10.5 Å². The van der Waals surface area contributed by atoms with Crippen LogP contribution in [-0.4, -0.2) is 39.8 Å². The number of hydrogen-bond acceptors (Lipinski definition) is 6. The minimum Gasteiger partial charge on any atom is -0.501 e. The molecule has 1 saturated heterocycles. The smallest absolute Gasteiger partial charge is 0.239 e. The Morgan fingerprint density at radius 3 is 2.87 bits per heavy atom. The summed E-state index contributed by atoms with van der Waals surface area (Å²) >= 11 is 0. The molecule has 0 aliphatic carbocycles. The molecule has 2 rings (SSSR count). The lowest BCUT2D eigenvalue weighted by atomic mass is 10.0. The number of hydrogen-bond donors (Lipinski definition) is 2. The van der Waals surface area contributed by atoms with E-state index in [4.69, 9.17) is 14.6 Å². The Labute approximate surface area is 136 Å². The Bertz CT molecular complexity index is 640. The van der Waals surface area contributed by atoms with Gasteiger partial charge >= 0.3 is 0 Å². The molecule has 0 bridgehead atoms. The molecule has 0 aromatic carbocycles. The Hall–Kier alpha value is -1.64. The third-order valence-corrected chi connectivity index (χ3v) is 4.51. The van der Waals surface area contributed by atoms with Gasteiger partial charge in [0, 0.05) is 31.5 Å². The molecule has 0 amide bonds. The maximum absolute atomic E-state index is 11.5. The number of ether oxygens (including phenoxy) is 2. The number of anilines is 1. The highest BCUT2D eigenvalue weighted by Gasteiger charge is 2.16. The van der Waals surface area contributed by atoms with Crippen molar-refractivity contribution in [3.8, 4) is 0 Å². The highest BCUT2D eigenvalue weighted by atomic mass is 32.2. The second kappa shape index (κ2) is 8.28. The largest absolute Gasteiger partial charge is 0.501 e. The van der Waals surface area contributed by atoms with Gasteiger partial charge in [-0.3, -0.25) is 0 Å². The number of nitrogens with one attached hydrogen (secondary N) is 1. The Morgan fingerprint density at radius 1 is 1.48 bits per heavy atom. The summed E-state index contributed by atoms with van der Waals surface area (Å²) in [4.78, 5) is 4.18. The molecule has 8 heteroatoms. The van der Waals surface area contributed by atoms with Gasteiger partial charge in [-0.15, -0.1) is 0 Å². The molecule has 1 aliphatic rings. The average Bonchev–Trinajstić information content (AvgIpc) is 2.54. The molecule has 23 heavy (non-hydrogen) atoms. The standard InChI is InChI=1S/C15H23N3O4S/c1-2-21-8-5-13-9-14(23(16,19)20)11-18-15(13)17-10-12-3-6-22-7-4-12/h5,8-9,11-12H,2-4,6-7,10H2,1H3,(H,17,18)(H2,16,19,20). The van der Waals surface area contributed by atoms with E-state index in [2.05, 4.69) is 10.3 Å². The molecule has 1 fully saturated rings. The fraction of sp³-hybridized carbons (Fsp3) is 0.533. The summed E-state index contributed by atoms with van der Waals surface area (Å²) in [6, 6.07) is 1.49. The van der Waals surface area contributed by atoms with Gasteiger partial charge in [0.25, 0.3) is 0 Å². The van der Waals surface area contributed by atoms with E-state index in [1.807, 2.05) is 6.92 Å². The van der Waals surface area contributed by atoms with Gasteiger partial charge in [0.15, 0.2) is 0 Å². The van der Waals surface area contributed by atoms with E-state index in [-0.39, 0.29) is 4.90 Å². The number of primary sulfonamides is 1. The number of nitrogens with two attached hydrogens (primary N) is 1. The van der Waals surface area contributed by atoms with Crippen LogP contribution in [-0.2, 0) is 19.5 Å². The molecule has 128 valence electrons. The summed E-state index contributed by atoms with van der Waals surface area (Å²) < 4.78 is 33.5. The highest BCUT2D eigenvalue weighted by Crippen LogP contribution is 2.21. The second-order valence-electron chi connectivity index (χ2n) is 5.35. The molecule has 2 heterocycles. The fourth-order valence-corrected chi connectivity index (χ4v) is 2.79. The second-order valence-corrected chi connectivity index (χ2v) is 6.91. The third kappa shape index (κ3) is 5.49. The topological polar surface area (TPSA) is 104 Å². The first kappa shape index (κ1) is 17.7. The van der Waals surface area contributed by atoms with Gasteiger partial charge in [0.05, 0.1) is 12.9 Å². The van der Waals surface area contributed by atoms with Gasteiger partial charge in [-0.25, -0.2) is 18.5 Å². The molecule has 7 nitrogen and oxygen atoms in total. The molecule has 3 N–H and O–H groups in total. The minimum absolute atomic E-state index is 0.0229. The molecule has 1 aromatic heterocycles. The van der Waals surface area contributed by atoms with E-state index in [9.17, 15) is 8.42 Å². The van der Waals surface area contributed by atoms with Crippen LogP contribution in [0.4, 0.5) is 5.82 Å².